The lowest BCUT2D eigenvalue weighted by Gasteiger charge is -2.32. The van der Waals surface area contributed by atoms with Gasteiger partial charge in [0.05, 0.1) is 19.3 Å². The molecule has 6 nitrogen and oxygen atoms in total. The Morgan fingerprint density at radius 1 is 1.32 bits per heavy atom. The van der Waals surface area contributed by atoms with Gasteiger partial charge in [0.15, 0.2) is 0 Å². The summed E-state index contributed by atoms with van der Waals surface area (Å²) in [5, 5.41) is 22.2. The fourth-order valence-electron chi connectivity index (χ4n) is 3.42. The number of aliphatic hydroxyl groups is 1. The first-order valence-electron chi connectivity index (χ1n) is 8.98. The molecule has 25 heavy (non-hydrogen) atoms. The topological polar surface area (TPSA) is 72.2 Å². The van der Waals surface area contributed by atoms with Gasteiger partial charge < -0.3 is 15.2 Å². The molecule has 1 aliphatic carbocycles. The number of nitrogens with zero attached hydrogens (tertiary/aromatic N) is 3. The molecular formula is C19H28N4O2. The van der Waals surface area contributed by atoms with Crippen molar-refractivity contribution in [1.29, 1.82) is 0 Å². The lowest BCUT2D eigenvalue weighted by Crippen LogP contribution is -2.39. The summed E-state index contributed by atoms with van der Waals surface area (Å²) >= 11 is 0. The van der Waals surface area contributed by atoms with Gasteiger partial charge in [0.2, 0.25) is 0 Å². The standard InChI is InChI=1S/C19H28N4O2/c1-19(2,24)18-13-23(22-21-18)17-10-5-4-9-16(17)20-12-14-7-6-8-15(11-14)25-3/h6-8,11,13,16-17,20,24H,4-5,9-10,12H2,1-3H3/t16-,17+/m0/s1. The van der Waals surface area contributed by atoms with Crippen LogP contribution >= 0.6 is 0 Å². The molecule has 2 N–H and O–H groups in total. The van der Waals surface area contributed by atoms with Gasteiger partial charge >= 0.3 is 0 Å². The van der Waals surface area contributed by atoms with E-state index in [0.29, 0.717) is 11.7 Å². The molecule has 0 radical (unpaired) electrons. The average molecular weight is 344 g/mol. The largest absolute Gasteiger partial charge is 0.497 e. The Kier molecular flexibility index (Phi) is 5.39. The van der Waals surface area contributed by atoms with Gasteiger partial charge in [-0.2, -0.15) is 0 Å². The van der Waals surface area contributed by atoms with Gasteiger partial charge in [0.25, 0.3) is 0 Å². The Hall–Kier alpha value is -1.92. The zero-order valence-electron chi connectivity index (χ0n) is 15.3. The second kappa shape index (κ2) is 7.54. The minimum absolute atomic E-state index is 0.267. The smallest absolute Gasteiger partial charge is 0.119 e. The van der Waals surface area contributed by atoms with Crippen molar-refractivity contribution >= 4 is 0 Å². The van der Waals surface area contributed by atoms with Crippen LogP contribution in [0.1, 0.15) is 56.8 Å². The summed E-state index contributed by atoms with van der Waals surface area (Å²) in [6.45, 7) is 4.27. The van der Waals surface area contributed by atoms with E-state index in [0.717, 1.165) is 25.1 Å². The molecule has 0 amide bonds. The Labute approximate surface area is 149 Å². The van der Waals surface area contributed by atoms with Crippen LogP contribution in [0.4, 0.5) is 0 Å². The molecule has 1 aromatic heterocycles. The molecule has 0 spiro atoms. The Bertz CT molecular complexity index is 693. The van der Waals surface area contributed by atoms with Gasteiger partial charge in [-0.25, -0.2) is 4.68 Å². The normalized spacial score (nSPS) is 21.3. The van der Waals surface area contributed by atoms with E-state index in [-0.39, 0.29) is 6.04 Å². The van der Waals surface area contributed by atoms with Crippen LogP contribution in [0, 0.1) is 0 Å². The molecule has 1 aliphatic rings. The molecule has 0 bridgehead atoms. The SMILES string of the molecule is COc1cccc(CN[C@H]2CCCC[C@H]2n2cc(C(C)(C)O)nn2)c1. The van der Waals surface area contributed by atoms with Crippen LogP contribution in [0.15, 0.2) is 30.5 Å². The molecule has 0 unspecified atom stereocenters. The first-order valence-corrected chi connectivity index (χ1v) is 8.98. The third-order valence-electron chi connectivity index (χ3n) is 4.91. The van der Waals surface area contributed by atoms with Gasteiger partial charge in [0.1, 0.15) is 17.0 Å². The first kappa shape index (κ1) is 17.9. The fraction of sp³-hybridized carbons (Fsp3) is 0.579. The summed E-state index contributed by atoms with van der Waals surface area (Å²) < 4.78 is 7.22. The van der Waals surface area contributed by atoms with E-state index in [2.05, 4.69) is 27.8 Å². The molecule has 2 aromatic rings. The zero-order chi connectivity index (χ0) is 17.9. The van der Waals surface area contributed by atoms with E-state index in [1.165, 1.54) is 18.4 Å². The highest BCUT2D eigenvalue weighted by atomic mass is 16.5. The summed E-state index contributed by atoms with van der Waals surface area (Å²) in [5.74, 6) is 0.880. The molecule has 136 valence electrons. The van der Waals surface area contributed by atoms with Crippen molar-refractivity contribution in [1.82, 2.24) is 20.3 Å². The summed E-state index contributed by atoms with van der Waals surface area (Å²) in [7, 11) is 1.69. The molecule has 2 atom stereocenters. The summed E-state index contributed by atoms with van der Waals surface area (Å²) in [6.07, 6.45) is 6.49. The lowest BCUT2D eigenvalue weighted by molar-refractivity contribution is 0.0736. The second-order valence-corrected chi connectivity index (χ2v) is 7.33. The van der Waals surface area contributed by atoms with Gasteiger partial charge in [-0.05, 0) is 44.4 Å². The van der Waals surface area contributed by atoms with E-state index in [4.69, 9.17) is 4.74 Å². The third-order valence-corrected chi connectivity index (χ3v) is 4.91. The molecule has 0 aliphatic heterocycles. The maximum Gasteiger partial charge on any atom is 0.119 e. The molecule has 0 saturated heterocycles. The Morgan fingerprint density at radius 3 is 2.84 bits per heavy atom. The number of nitrogens with one attached hydrogen (secondary N) is 1. The molecule has 1 aromatic carbocycles. The maximum absolute atomic E-state index is 10.1. The summed E-state index contributed by atoms with van der Waals surface area (Å²) in [6, 6.07) is 8.75. The van der Waals surface area contributed by atoms with E-state index >= 15 is 0 Å². The van der Waals surface area contributed by atoms with Crippen LogP contribution in [0.5, 0.6) is 5.75 Å². The number of rotatable bonds is 6. The highest BCUT2D eigenvalue weighted by Crippen LogP contribution is 2.29. The van der Waals surface area contributed by atoms with E-state index < -0.39 is 5.60 Å². The van der Waals surface area contributed by atoms with Crippen LogP contribution in [-0.2, 0) is 12.1 Å². The molecule has 1 saturated carbocycles. The van der Waals surface area contributed by atoms with Crippen LogP contribution in [0.25, 0.3) is 0 Å². The van der Waals surface area contributed by atoms with Crippen molar-refractivity contribution in [3.63, 3.8) is 0 Å². The van der Waals surface area contributed by atoms with Crippen molar-refractivity contribution in [2.75, 3.05) is 7.11 Å². The van der Waals surface area contributed by atoms with E-state index in [1.807, 2.05) is 23.0 Å². The monoisotopic (exact) mass is 344 g/mol. The van der Waals surface area contributed by atoms with Gasteiger partial charge in [0, 0.05) is 12.6 Å². The third kappa shape index (κ3) is 4.38. The highest BCUT2D eigenvalue weighted by Gasteiger charge is 2.29. The number of hydrogen-bond donors (Lipinski definition) is 2. The number of benzene rings is 1. The number of hydrogen-bond acceptors (Lipinski definition) is 5. The van der Waals surface area contributed by atoms with Crippen LogP contribution in [-0.4, -0.2) is 33.3 Å². The van der Waals surface area contributed by atoms with Crippen molar-refractivity contribution in [3.05, 3.63) is 41.7 Å². The van der Waals surface area contributed by atoms with Crippen LogP contribution in [0.3, 0.4) is 0 Å². The van der Waals surface area contributed by atoms with Gasteiger partial charge in [-0.15, -0.1) is 5.10 Å². The predicted octanol–water partition coefficient (Wildman–Crippen LogP) is 2.79. The Balaban J connectivity index is 1.69. The van der Waals surface area contributed by atoms with Gasteiger partial charge in [-0.1, -0.05) is 30.2 Å². The minimum atomic E-state index is -0.962. The van der Waals surface area contributed by atoms with Gasteiger partial charge in [-0.3, -0.25) is 0 Å². The van der Waals surface area contributed by atoms with E-state index in [9.17, 15) is 5.11 Å². The summed E-state index contributed by atoms with van der Waals surface area (Å²) in [4.78, 5) is 0. The zero-order valence-corrected chi connectivity index (χ0v) is 15.3. The van der Waals surface area contributed by atoms with Crippen LogP contribution < -0.4 is 10.1 Å². The summed E-state index contributed by atoms with van der Waals surface area (Å²) in [5.41, 5.74) is 0.861. The molecule has 1 heterocycles. The molecule has 3 rings (SSSR count). The van der Waals surface area contributed by atoms with Crippen molar-refractivity contribution in [3.8, 4) is 5.75 Å². The molecule has 1 fully saturated rings. The maximum atomic E-state index is 10.1. The minimum Gasteiger partial charge on any atom is -0.497 e. The molecule has 6 heteroatoms. The number of methoxy groups -OCH3 is 1. The predicted molar refractivity (Wildman–Crippen MR) is 96.4 cm³/mol. The first-order chi connectivity index (χ1) is 12.0. The van der Waals surface area contributed by atoms with Crippen LogP contribution in [0.2, 0.25) is 0 Å². The Morgan fingerprint density at radius 2 is 2.12 bits per heavy atom. The highest BCUT2D eigenvalue weighted by molar-refractivity contribution is 5.28. The average Bonchev–Trinajstić information content (AvgIpc) is 3.11. The quantitative estimate of drug-likeness (QED) is 0.843. The molecular weight excluding hydrogens is 316 g/mol. The fourth-order valence-corrected chi connectivity index (χ4v) is 3.42. The second-order valence-electron chi connectivity index (χ2n) is 7.33. The van der Waals surface area contributed by atoms with Crippen molar-refractivity contribution in [2.45, 2.75) is 63.8 Å². The van der Waals surface area contributed by atoms with Crippen molar-refractivity contribution < 1.29 is 9.84 Å². The van der Waals surface area contributed by atoms with E-state index in [1.54, 1.807) is 21.0 Å². The number of ether oxygens (including phenoxy) is 1. The van der Waals surface area contributed by atoms with Crippen molar-refractivity contribution in [2.24, 2.45) is 0 Å². The number of aromatic nitrogens is 3. The lowest BCUT2D eigenvalue weighted by atomic mass is 9.90.